The van der Waals surface area contributed by atoms with Crippen LogP contribution in [0.3, 0.4) is 0 Å². The highest BCUT2D eigenvalue weighted by Gasteiger charge is 2.06. The van der Waals surface area contributed by atoms with E-state index in [-0.39, 0.29) is 5.69 Å². The van der Waals surface area contributed by atoms with E-state index in [1.807, 2.05) is 11.8 Å². The van der Waals surface area contributed by atoms with Crippen LogP contribution in [0.1, 0.15) is 24.3 Å². The number of thioether (sulfide) groups is 1. The molecule has 1 unspecified atom stereocenters. The van der Waals surface area contributed by atoms with Crippen molar-refractivity contribution in [2.45, 2.75) is 19.9 Å². The van der Waals surface area contributed by atoms with Crippen LogP contribution in [0.15, 0.2) is 18.3 Å². The molecule has 0 saturated heterocycles. The maximum Gasteiger partial charge on any atom is 0.354 e. The van der Waals surface area contributed by atoms with Crippen LogP contribution < -0.4 is 5.32 Å². The number of pyridine rings is 1. The standard InChI is InChI=1S/C11H16N2O2S/c1-3-16-7-8(2)13-9-4-5-12-10(6-9)11(14)15/h4-6,8H,3,7H2,1-2H3,(H,12,13)(H,14,15). The number of nitrogens with zero attached hydrogens (tertiary/aromatic N) is 1. The number of carbonyl (C=O) groups is 1. The van der Waals surface area contributed by atoms with Gasteiger partial charge in [-0.2, -0.15) is 11.8 Å². The van der Waals surface area contributed by atoms with Gasteiger partial charge in [0.15, 0.2) is 0 Å². The second kappa shape index (κ2) is 6.37. The van der Waals surface area contributed by atoms with E-state index in [1.54, 1.807) is 12.1 Å². The molecule has 16 heavy (non-hydrogen) atoms. The van der Waals surface area contributed by atoms with Crippen LogP contribution in [0.25, 0.3) is 0 Å². The van der Waals surface area contributed by atoms with Crippen molar-refractivity contribution in [2.24, 2.45) is 0 Å². The van der Waals surface area contributed by atoms with Gasteiger partial charge in [0, 0.05) is 23.7 Å². The summed E-state index contributed by atoms with van der Waals surface area (Å²) >= 11 is 1.85. The van der Waals surface area contributed by atoms with E-state index in [2.05, 4.69) is 24.1 Å². The van der Waals surface area contributed by atoms with Gasteiger partial charge < -0.3 is 10.4 Å². The molecule has 0 spiro atoms. The normalized spacial score (nSPS) is 12.1. The van der Waals surface area contributed by atoms with Gasteiger partial charge in [-0.25, -0.2) is 9.78 Å². The molecular formula is C11H16N2O2S. The third-order valence-corrected chi connectivity index (χ3v) is 3.11. The molecule has 0 fully saturated rings. The van der Waals surface area contributed by atoms with Crippen molar-refractivity contribution < 1.29 is 9.90 Å². The fourth-order valence-electron chi connectivity index (χ4n) is 1.26. The summed E-state index contributed by atoms with van der Waals surface area (Å²) in [5.74, 6) is 1.09. The summed E-state index contributed by atoms with van der Waals surface area (Å²) in [5, 5.41) is 12.0. The molecule has 0 saturated carbocycles. The third kappa shape index (κ3) is 4.10. The first-order valence-corrected chi connectivity index (χ1v) is 6.32. The molecule has 0 aliphatic rings. The zero-order chi connectivity index (χ0) is 12.0. The predicted molar refractivity (Wildman–Crippen MR) is 67.3 cm³/mol. The summed E-state index contributed by atoms with van der Waals surface area (Å²) in [6.07, 6.45) is 1.51. The summed E-state index contributed by atoms with van der Waals surface area (Å²) in [7, 11) is 0. The van der Waals surface area contributed by atoms with Crippen LogP contribution in [0.5, 0.6) is 0 Å². The molecule has 1 heterocycles. The van der Waals surface area contributed by atoms with Crippen LogP contribution >= 0.6 is 11.8 Å². The van der Waals surface area contributed by atoms with E-state index in [9.17, 15) is 4.79 Å². The fourth-order valence-corrected chi connectivity index (χ4v) is 1.93. The summed E-state index contributed by atoms with van der Waals surface area (Å²) < 4.78 is 0. The molecule has 2 N–H and O–H groups in total. The van der Waals surface area contributed by atoms with Crippen molar-refractivity contribution in [1.29, 1.82) is 0 Å². The van der Waals surface area contributed by atoms with Gasteiger partial charge in [0.25, 0.3) is 0 Å². The van der Waals surface area contributed by atoms with Gasteiger partial charge in [-0.1, -0.05) is 6.92 Å². The highest BCUT2D eigenvalue weighted by molar-refractivity contribution is 7.99. The smallest absolute Gasteiger partial charge is 0.354 e. The van der Waals surface area contributed by atoms with Crippen LogP contribution in [0.2, 0.25) is 0 Å². The summed E-state index contributed by atoms with van der Waals surface area (Å²) in [6, 6.07) is 3.64. The van der Waals surface area contributed by atoms with Crippen molar-refractivity contribution in [2.75, 3.05) is 16.8 Å². The van der Waals surface area contributed by atoms with Crippen LogP contribution in [0, 0.1) is 0 Å². The molecule has 1 aromatic heterocycles. The zero-order valence-electron chi connectivity index (χ0n) is 9.43. The van der Waals surface area contributed by atoms with Crippen LogP contribution in [-0.4, -0.2) is 33.6 Å². The molecule has 1 atom stereocenters. The summed E-state index contributed by atoms with van der Waals surface area (Å²) in [5.41, 5.74) is 0.872. The molecule has 88 valence electrons. The monoisotopic (exact) mass is 240 g/mol. The van der Waals surface area contributed by atoms with E-state index in [0.717, 1.165) is 17.2 Å². The molecule has 1 rings (SSSR count). The van der Waals surface area contributed by atoms with Crippen molar-refractivity contribution in [3.8, 4) is 0 Å². The minimum atomic E-state index is -1.00. The van der Waals surface area contributed by atoms with Crippen molar-refractivity contribution in [1.82, 2.24) is 4.98 Å². The SMILES string of the molecule is CCSCC(C)Nc1ccnc(C(=O)O)c1. The van der Waals surface area contributed by atoms with E-state index in [1.165, 1.54) is 6.20 Å². The van der Waals surface area contributed by atoms with Crippen molar-refractivity contribution in [3.63, 3.8) is 0 Å². The second-order valence-electron chi connectivity index (χ2n) is 3.44. The first-order chi connectivity index (χ1) is 7.63. The maximum atomic E-state index is 10.7. The van der Waals surface area contributed by atoms with Crippen LogP contribution in [-0.2, 0) is 0 Å². The average Bonchev–Trinajstić information content (AvgIpc) is 2.26. The number of carboxylic acid groups (broad SMARTS) is 1. The molecule has 0 bridgehead atoms. The Hall–Kier alpha value is -1.23. The van der Waals surface area contributed by atoms with Gasteiger partial charge in [-0.3, -0.25) is 0 Å². The van der Waals surface area contributed by atoms with E-state index < -0.39 is 5.97 Å². The predicted octanol–water partition coefficient (Wildman–Crippen LogP) is 2.33. The number of aromatic carboxylic acids is 1. The number of rotatable bonds is 6. The van der Waals surface area contributed by atoms with Crippen molar-refractivity contribution in [3.05, 3.63) is 24.0 Å². The van der Waals surface area contributed by atoms with Gasteiger partial charge in [0.1, 0.15) is 5.69 Å². The fraction of sp³-hybridized carbons (Fsp3) is 0.455. The Bertz CT molecular complexity index is 358. The van der Waals surface area contributed by atoms with E-state index in [4.69, 9.17) is 5.11 Å². The van der Waals surface area contributed by atoms with Gasteiger partial charge in [-0.05, 0) is 24.8 Å². The lowest BCUT2D eigenvalue weighted by Crippen LogP contribution is -2.18. The minimum Gasteiger partial charge on any atom is -0.477 e. The lowest BCUT2D eigenvalue weighted by molar-refractivity contribution is 0.0690. The summed E-state index contributed by atoms with van der Waals surface area (Å²) in [6.45, 7) is 4.19. The van der Waals surface area contributed by atoms with Gasteiger partial charge in [0.05, 0.1) is 0 Å². The topological polar surface area (TPSA) is 62.2 Å². The lowest BCUT2D eigenvalue weighted by atomic mass is 10.3. The first kappa shape index (κ1) is 12.8. The molecule has 1 aromatic rings. The molecule has 0 aliphatic heterocycles. The molecular weight excluding hydrogens is 224 g/mol. The van der Waals surface area contributed by atoms with Gasteiger partial charge in [-0.15, -0.1) is 0 Å². The largest absolute Gasteiger partial charge is 0.477 e. The van der Waals surface area contributed by atoms with Crippen molar-refractivity contribution >= 4 is 23.4 Å². The average molecular weight is 240 g/mol. The highest BCUT2D eigenvalue weighted by Crippen LogP contribution is 2.11. The molecule has 4 nitrogen and oxygen atoms in total. The molecule has 0 aromatic carbocycles. The Balaban J connectivity index is 2.59. The Morgan fingerprint density at radius 3 is 3.06 bits per heavy atom. The van der Waals surface area contributed by atoms with E-state index in [0.29, 0.717) is 6.04 Å². The lowest BCUT2D eigenvalue weighted by Gasteiger charge is -2.14. The summed E-state index contributed by atoms with van der Waals surface area (Å²) in [4.78, 5) is 14.5. The maximum absolute atomic E-state index is 10.7. The number of anilines is 1. The Labute approximate surface area is 99.5 Å². The second-order valence-corrected chi connectivity index (χ2v) is 4.76. The molecule has 0 aliphatic carbocycles. The number of carboxylic acids is 1. The first-order valence-electron chi connectivity index (χ1n) is 5.17. The van der Waals surface area contributed by atoms with E-state index >= 15 is 0 Å². The molecule has 0 radical (unpaired) electrons. The minimum absolute atomic E-state index is 0.0698. The molecule has 0 amide bonds. The third-order valence-electron chi connectivity index (χ3n) is 1.96. The zero-order valence-corrected chi connectivity index (χ0v) is 10.3. The van der Waals surface area contributed by atoms with Crippen LogP contribution in [0.4, 0.5) is 5.69 Å². The number of hydrogen-bond donors (Lipinski definition) is 2. The number of aromatic nitrogens is 1. The Kier molecular flexibility index (Phi) is 5.11. The Morgan fingerprint density at radius 2 is 2.44 bits per heavy atom. The molecule has 5 heteroatoms. The Morgan fingerprint density at radius 1 is 1.69 bits per heavy atom. The number of hydrogen-bond acceptors (Lipinski definition) is 4. The quantitative estimate of drug-likeness (QED) is 0.799. The number of nitrogens with one attached hydrogen (secondary N) is 1. The highest BCUT2D eigenvalue weighted by atomic mass is 32.2. The van der Waals surface area contributed by atoms with Gasteiger partial charge in [0.2, 0.25) is 0 Å². The van der Waals surface area contributed by atoms with Gasteiger partial charge >= 0.3 is 5.97 Å².